The predicted molar refractivity (Wildman–Crippen MR) is 125 cm³/mol. The Morgan fingerprint density at radius 1 is 1.00 bits per heavy atom. The van der Waals surface area contributed by atoms with Crippen molar-refractivity contribution >= 4 is 46.4 Å². The molecule has 2 amide bonds. The van der Waals surface area contributed by atoms with Gasteiger partial charge in [0.1, 0.15) is 5.75 Å². The number of benzene rings is 3. The van der Waals surface area contributed by atoms with Crippen LogP contribution in [-0.4, -0.2) is 24.5 Å². The van der Waals surface area contributed by atoms with Gasteiger partial charge in [0.05, 0.1) is 16.3 Å². The molecule has 0 spiro atoms. The molecule has 0 aliphatic heterocycles. The number of carbonyl (C=O) groups excluding carboxylic acids is 2. The number of ether oxygens (including phenoxy) is 1. The zero-order valence-electron chi connectivity index (χ0n) is 17.1. The molecule has 0 aliphatic rings. The average Bonchev–Trinajstić information content (AvgIpc) is 2.77. The van der Waals surface area contributed by atoms with Gasteiger partial charge in [-0.3, -0.25) is 9.59 Å². The van der Waals surface area contributed by atoms with Crippen LogP contribution in [0.25, 0.3) is 0 Å². The molecular weight excluding hydrogens is 435 g/mol. The first kappa shape index (κ1) is 22.7. The molecule has 1 unspecified atom stereocenters. The second kappa shape index (κ2) is 10.3. The number of hydrogen-bond donors (Lipinski definition) is 1. The molecule has 0 radical (unpaired) electrons. The van der Waals surface area contributed by atoms with Gasteiger partial charge in [0.2, 0.25) is 0 Å². The van der Waals surface area contributed by atoms with Gasteiger partial charge in [-0.2, -0.15) is 0 Å². The quantitative estimate of drug-likeness (QED) is 0.469. The van der Waals surface area contributed by atoms with Crippen molar-refractivity contribution in [3.8, 4) is 5.75 Å². The summed E-state index contributed by atoms with van der Waals surface area (Å²) in [4.78, 5) is 27.6. The molecule has 0 saturated carbocycles. The fraction of sp³-hybridized carbons (Fsp3) is 0.167. The zero-order valence-corrected chi connectivity index (χ0v) is 18.7. The number of nitrogens with zero attached hydrogens (tertiary/aromatic N) is 1. The summed E-state index contributed by atoms with van der Waals surface area (Å²) in [6.45, 7) is 3.99. The lowest BCUT2D eigenvalue weighted by Gasteiger charge is -2.23. The number of amides is 2. The molecule has 0 aliphatic carbocycles. The molecule has 3 aromatic rings. The SMILES string of the molecule is CCN(C(=O)c1ccccc1NC(=O)C(C)Oc1ccc(Cl)cc1Cl)c1ccccc1. The van der Waals surface area contributed by atoms with E-state index in [1.165, 1.54) is 0 Å². The van der Waals surface area contributed by atoms with Crippen LogP contribution in [0.15, 0.2) is 72.8 Å². The van der Waals surface area contributed by atoms with Crippen LogP contribution in [0.4, 0.5) is 11.4 Å². The van der Waals surface area contributed by atoms with E-state index in [0.717, 1.165) is 5.69 Å². The minimum atomic E-state index is -0.849. The molecule has 31 heavy (non-hydrogen) atoms. The van der Waals surface area contributed by atoms with Crippen LogP contribution in [0.5, 0.6) is 5.75 Å². The summed E-state index contributed by atoms with van der Waals surface area (Å²) >= 11 is 12.0. The van der Waals surface area contributed by atoms with Crippen molar-refractivity contribution in [2.75, 3.05) is 16.8 Å². The normalized spacial score (nSPS) is 11.5. The Hall–Kier alpha value is -3.02. The highest BCUT2D eigenvalue weighted by Gasteiger charge is 2.22. The van der Waals surface area contributed by atoms with Crippen LogP contribution in [0.2, 0.25) is 10.0 Å². The number of anilines is 2. The lowest BCUT2D eigenvalue weighted by atomic mass is 10.1. The molecule has 3 rings (SSSR count). The van der Waals surface area contributed by atoms with Gasteiger partial charge in [0, 0.05) is 17.3 Å². The first-order valence-corrected chi connectivity index (χ1v) is 10.5. The highest BCUT2D eigenvalue weighted by Crippen LogP contribution is 2.29. The van der Waals surface area contributed by atoms with E-state index in [2.05, 4.69) is 5.32 Å². The van der Waals surface area contributed by atoms with E-state index in [0.29, 0.717) is 33.6 Å². The molecule has 5 nitrogen and oxygen atoms in total. The summed E-state index contributed by atoms with van der Waals surface area (Å²) in [7, 11) is 0. The molecule has 3 aromatic carbocycles. The van der Waals surface area contributed by atoms with E-state index < -0.39 is 12.0 Å². The molecular formula is C24H22Cl2N2O3. The third kappa shape index (κ3) is 5.57. The molecule has 0 aromatic heterocycles. The molecule has 0 saturated heterocycles. The van der Waals surface area contributed by atoms with E-state index in [4.69, 9.17) is 27.9 Å². The molecule has 1 N–H and O–H groups in total. The van der Waals surface area contributed by atoms with Gasteiger partial charge in [-0.25, -0.2) is 0 Å². The molecule has 0 bridgehead atoms. The maximum Gasteiger partial charge on any atom is 0.265 e. The first-order chi connectivity index (χ1) is 14.9. The van der Waals surface area contributed by atoms with Crippen LogP contribution >= 0.6 is 23.2 Å². The second-order valence-electron chi connectivity index (χ2n) is 6.75. The van der Waals surface area contributed by atoms with Crippen LogP contribution in [0.3, 0.4) is 0 Å². The highest BCUT2D eigenvalue weighted by molar-refractivity contribution is 6.35. The maximum absolute atomic E-state index is 13.2. The van der Waals surface area contributed by atoms with Gasteiger partial charge in [-0.1, -0.05) is 53.5 Å². The van der Waals surface area contributed by atoms with E-state index >= 15 is 0 Å². The number of hydrogen-bond acceptors (Lipinski definition) is 3. The lowest BCUT2D eigenvalue weighted by molar-refractivity contribution is -0.122. The van der Waals surface area contributed by atoms with E-state index in [1.807, 2.05) is 37.3 Å². The minimum Gasteiger partial charge on any atom is -0.479 e. The van der Waals surface area contributed by atoms with Gasteiger partial charge >= 0.3 is 0 Å². The standard InChI is InChI=1S/C24H22Cl2N2O3/c1-3-28(18-9-5-4-6-10-18)24(30)19-11-7-8-12-21(19)27-23(29)16(2)31-22-14-13-17(25)15-20(22)26/h4-16H,3H2,1-2H3,(H,27,29). The Morgan fingerprint density at radius 3 is 2.35 bits per heavy atom. The van der Waals surface area contributed by atoms with Crippen LogP contribution in [0, 0.1) is 0 Å². The Morgan fingerprint density at radius 2 is 1.68 bits per heavy atom. The zero-order chi connectivity index (χ0) is 22.4. The van der Waals surface area contributed by atoms with Crippen molar-refractivity contribution in [2.24, 2.45) is 0 Å². The largest absolute Gasteiger partial charge is 0.479 e. The number of carbonyl (C=O) groups is 2. The van der Waals surface area contributed by atoms with E-state index in [1.54, 1.807) is 54.3 Å². The van der Waals surface area contributed by atoms with Gasteiger partial charge in [-0.15, -0.1) is 0 Å². The van der Waals surface area contributed by atoms with Crippen molar-refractivity contribution < 1.29 is 14.3 Å². The van der Waals surface area contributed by atoms with Crippen LogP contribution < -0.4 is 15.0 Å². The van der Waals surface area contributed by atoms with E-state index in [-0.39, 0.29) is 5.91 Å². The Kier molecular flexibility index (Phi) is 7.55. The minimum absolute atomic E-state index is 0.209. The van der Waals surface area contributed by atoms with Gasteiger partial charge in [-0.05, 0) is 56.3 Å². The highest BCUT2D eigenvalue weighted by atomic mass is 35.5. The second-order valence-corrected chi connectivity index (χ2v) is 7.60. The fourth-order valence-electron chi connectivity index (χ4n) is 3.02. The molecule has 0 heterocycles. The molecule has 160 valence electrons. The third-order valence-electron chi connectivity index (χ3n) is 4.61. The smallest absolute Gasteiger partial charge is 0.265 e. The number of halogens is 2. The average molecular weight is 457 g/mol. The summed E-state index contributed by atoms with van der Waals surface area (Å²) in [6, 6.07) is 21.0. The van der Waals surface area contributed by atoms with Gasteiger partial charge in [0.25, 0.3) is 11.8 Å². The van der Waals surface area contributed by atoms with Crippen molar-refractivity contribution in [1.82, 2.24) is 0 Å². The number of para-hydroxylation sites is 2. The first-order valence-electron chi connectivity index (χ1n) is 9.79. The summed E-state index contributed by atoms with van der Waals surface area (Å²) in [5, 5.41) is 3.57. The Labute approximate surface area is 191 Å². The molecule has 1 atom stereocenters. The van der Waals surface area contributed by atoms with Crippen molar-refractivity contribution in [2.45, 2.75) is 20.0 Å². The van der Waals surface area contributed by atoms with Crippen LogP contribution in [-0.2, 0) is 4.79 Å². The molecule has 7 heteroatoms. The van der Waals surface area contributed by atoms with Crippen molar-refractivity contribution in [3.63, 3.8) is 0 Å². The van der Waals surface area contributed by atoms with Gasteiger partial charge < -0.3 is 15.0 Å². The number of rotatable bonds is 7. The monoisotopic (exact) mass is 456 g/mol. The maximum atomic E-state index is 13.2. The molecule has 0 fully saturated rings. The van der Waals surface area contributed by atoms with Crippen LogP contribution in [0.1, 0.15) is 24.2 Å². The summed E-state index contributed by atoms with van der Waals surface area (Å²) in [5.41, 5.74) is 1.58. The topological polar surface area (TPSA) is 58.6 Å². The van der Waals surface area contributed by atoms with Gasteiger partial charge in [0.15, 0.2) is 6.10 Å². The predicted octanol–water partition coefficient (Wildman–Crippen LogP) is 6.07. The van der Waals surface area contributed by atoms with Crippen molar-refractivity contribution in [3.05, 3.63) is 88.4 Å². The summed E-state index contributed by atoms with van der Waals surface area (Å²) in [5.74, 6) is -0.271. The Balaban J connectivity index is 1.78. The van der Waals surface area contributed by atoms with E-state index in [9.17, 15) is 9.59 Å². The Bertz CT molecular complexity index is 1070. The van der Waals surface area contributed by atoms with Crippen molar-refractivity contribution in [1.29, 1.82) is 0 Å². The third-order valence-corrected chi connectivity index (χ3v) is 5.14. The summed E-state index contributed by atoms with van der Waals surface area (Å²) < 4.78 is 5.67. The summed E-state index contributed by atoms with van der Waals surface area (Å²) in [6.07, 6.45) is -0.849. The fourth-order valence-corrected chi connectivity index (χ4v) is 3.48. The number of nitrogens with one attached hydrogen (secondary N) is 1. The lowest BCUT2D eigenvalue weighted by Crippen LogP contribution is -2.33.